The zero-order valence-corrected chi connectivity index (χ0v) is 12.2. The minimum absolute atomic E-state index is 0.301. The lowest BCUT2D eigenvalue weighted by Crippen LogP contribution is -2.12. The summed E-state index contributed by atoms with van der Waals surface area (Å²) in [6, 6.07) is 6.45. The maximum absolute atomic E-state index is 6.31. The van der Waals surface area contributed by atoms with Gasteiger partial charge in [0.25, 0.3) is 0 Å². The topological polar surface area (TPSA) is 29.9 Å². The standard InChI is InChI=1S/C13H16ClN3S/c1-9(15-2)10-4-5-12(11(14)8-10)18-13-16-6-7-17(13)3/h4-9,15H,1-3H3. The molecule has 0 aliphatic rings. The van der Waals surface area contributed by atoms with Gasteiger partial charge in [0.15, 0.2) is 5.16 Å². The van der Waals surface area contributed by atoms with Crippen LogP contribution < -0.4 is 5.32 Å². The van der Waals surface area contributed by atoms with E-state index in [1.165, 1.54) is 5.56 Å². The molecule has 0 aliphatic heterocycles. The Labute approximate surface area is 117 Å². The minimum Gasteiger partial charge on any atom is -0.329 e. The Bertz CT molecular complexity index is 539. The first-order chi connectivity index (χ1) is 8.61. The summed E-state index contributed by atoms with van der Waals surface area (Å²) >= 11 is 7.89. The molecule has 0 fully saturated rings. The molecule has 1 N–H and O–H groups in total. The second-order valence-electron chi connectivity index (χ2n) is 4.12. The van der Waals surface area contributed by atoms with Crippen molar-refractivity contribution in [1.82, 2.24) is 14.9 Å². The Morgan fingerprint density at radius 1 is 1.44 bits per heavy atom. The molecule has 0 spiro atoms. The van der Waals surface area contributed by atoms with E-state index >= 15 is 0 Å². The van der Waals surface area contributed by atoms with Crippen LogP contribution in [-0.2, 0) is 7.05 Å². The van der Waals surface area contributed by atoms with Gasteiger partial charge in [-0.2, -0.15) is 0 Å². The van der Waals surface area contributed by atoms with E-state index in [-0.39, 0.29) is 0 Å². The van der Waals surface area contributed by atoms with Crippen LogP contribution >= 0.6 is 23.4 Å². The fourth-order valence-corrected chi connectivity index (χ4v) is 2.70. The third kappa shape index (κ3) is 2.88. The second-order valence-corrected chi connectivity index (χ2v) is 5.54. The molecule has 0 bridgehead atoms. The van der Waals surface area contributed by atoms with Gasteiger partial charge < -0.3 is 9.88 Å². The quantitative estimate of drug-likeness (QED) is 0.930. The highest BCUT2D eigenvalue weighted by Crippen LogP contribution is 2.33. The predicted molar refractivity (Wildman–Crippen MR) is 76.3 cm³/mol. The van der Waals surface area contributed by atoms with Gasteiger partial charge in [-0.15, -0.1) is 0 Å². The number of halogens is 1. The fourth-order valence-electron chi connectivity index (χ4n) is 1.58. The summed E-state index contributed by atoms with van der Waals surface area (Å²) < 4.78 is 1.98. The molecule has 3 nitrogen and oxygen atoms in total. The summed E-state index contributed by atoms with van der Waals surface area (Å²) in [7, 11) is 3.91. The van der Waals surface area contributed by atoms with Crippen LogP contribution in [0.5, 0.6) is 0 Å². The summed E-state index contributed by atoms with van der Waals surface area (Å²) in [5.74, 6) is 0. The normalized spacial score (nSPS) is 12.7. The van der Waals surface area contributed by atoms with Crippen molar-refractivity contribution in [2.75, 3.05) is 7.05 Å². The molecule has 5 heteroatoms. The van der Waals surface area contributed by atoms with Crippen LogP contribution in [0.2, 0.25) is 5.02 Å². The molecule has 1 heterocycles. The van der Waals surface area contributed by atoms with Crippen LogP contribution in [0.25, 0.3) is 0 Å². The average molecular weight is 282 g/mol. The summed E-state index contributed by atoms with van der Waals surface area (Å²) in [5, 5.41) is 4.90. The first-order valence-corrected chi connectivity index (χ1v) is 6.93. The number of hydrogen-bond acceptors (Lipinski definition) is 3. The van der Waals surface area contributed by atoms with Gasteiger partial charge in [0.1, 0.15) is 0 Å². The number of rotatable bonds is 4. The average Bonchev–Trinajstić information content (AvgIpc) is 2.76. The highest BCUT2D eigenvalue weighted by molar-refractivity contribution is 7.99. The van der Waals surface area contributed by atoms with Crippen molar-refractivity contribution in [3.8, 4) is 0 Å². The van der Waals surface area contributed by atoms with Gasteiger partial charge >= 0.3 is 0 Å². The lowest BCUT2D eigenvalue weighted by molar-refractivity contribution is 0.652. The SMILES string of the molecule is CNC(C)c1ccc(Sc2nccn2C)c(Cl)c1. The van der Waals surface area contributed by atoms with E-state index in [0.717, 1.165) is 15.1 Å². The number of benzene rings is 1. The number of nitrogens with zero attached hydrogens (tertiary/aromatic N) is 2. The summed E-state index contributed by atoms with van der Waals surface area (Å²) in [6.07, 6.45) is 3.71. The van der Waals surface area contributed by atoms with Crippen LogP contribution in [0.1, 0.15) is 18.5 Å². The summed E-state index contributed by atoms with van der Waals surface area (Å²) in [4.78, 5) is 5.31. The summed E-state index contributed by atoms with van der Waals surface area (Å²) in [5.41, 5.74) is 1.19. The van der Waals surface area contributed by atoms with E-state index in [4.69, 9.17) is 11.6 Å². The van der Waals surface area contributed by atoms with Crippen molar-refractivity contribution < 1.29 is 0 Å². The number of nitrogens with one attached hydrogen (secondary N) is 1. The van der Waals surface area contributed by atoms with E-state index in [1.807, 2.05) is 37.0 Å². The van der Waals surface area contributed by atoms with E-state index in [1.54, 1.807) is 18.0 Å². The van der Waals surface area contributed by atoms with Gasteiger partial charge in [0, 0.05) is 30.4 Å². The molecular formula is C13H16ClN3S. The molecule has 18 heavy (non-hydrogen) atoms. The molecule has 96 valence electrons. The molecular weight excluding hydrogens is 266 g/mol. The van der Waals surface area contributed by atoms with Crippen molar-refractivity contribution >= 4 is 23.4 Å². The van der Waals surface area contributed by atoms with Gasteiger partial charge in [-0.05, 0) is 31.7 Å². The Morgan fingerprint density at radius 2 is 2.22 bits per heavy atom. The zero-order chi connectivity index (χ0) is 13.1. The number of imidazole rings is 1. The lowest BCUT2D eigenvalue weighted by atomic mass is 10.1. The Balaban J connectivity index is 2.23. The van der Waals surface area contributed by atoms with Crippen molar-refractivity contribution in [2.45, 2.75) is 23.0 Å². The Morgan fingerprint density at radius 3 is 2.78 bits per heavy atom. The maximum Gasteiger partial charge on any atom is 0.172 e. The molecule has 2 rings (SSSR count). The first-order valence-electron chi connectivity index (χ1n) is 5.73. The highest BCUT2D eigenvalue weighted by atomic mass is 35.5. The van der Waals surface area contributed by atoms with E-state index < -0.39 is 0 Å². The largest absolute Gasteiger partial charge is 0.329 e. The lowest BCUT2D eigenvalue weighted by Gasteiger charge is -2.12. The third-order valence-electron chi connectivity index (χ3n) is 2.87. The maximum atomic E-state index is 6.31. The molecule has 0 saturated heterocycles. The van der Waals surface area contributed by atoms with Gasteiger partial charge in [-0.1, -0.05) is 29.4 Å². The predicted octanol–water partition coefficient (Wildman–Crippen LogP) is 3.51. The first kappa shape index (κ1) is 13.5. The molecule has 1 aromatic carbocycles. The highest BCUT2D eigenvalue weighted by Gasteiger charge is 2.09. The van der Waals surface area contributed by atoms with E-state index in [2.05, 4.69) is 23.3 Å². The monoisotopic (exact) mass is 281 g/mol. The molecule has 2 aromatic rings. The van der Waals surface area contributed by atoms with Gasteiger partial charge in [0.2, 0.25) is 0 Å². The van der Waals surface area contributed by atoms with Crippen molar-refractivity contribution in [1.29, 1.82) is 0 Å². The van der Waals surface area contributed by atoms with Crippen molar-refractivity contribution in [2.24, 2.45) is 7.05 Å². The Kier molecular flexibility index (Phi) is 4.32. The molecule has 0 saturated carbocycles. The van der Waals surface area contributed by atoms with Gasteiger partial charge in [0.05, 0.1) is 5.02 Å². The number of aromatic nitrogens is 2. The van der Waals surface area contributed by atoms with Gasteiger partial charge in [-0.3, -0.25) is 0 Å². The molecule has 0 radical (unpaired) electrons. The number of aryl methyl sites for hydroxylation is 1. The van der Waals surface area contributed by atoms with Crippen LogP contribution in [0.3, 0.4) is 0 Å². The number of hydrogen-bond donors (Lipinski definition) is 1. The van der Waals surface area contributed by atoms with Crippen LogP contribution in [0.4, 0.5) is 0 Å². The van der Waals surface area contributed by atoms with Crippen LogP contribution in [-0.4, -0.2) is 16.6 Å². The van der Waals surface area contributed by atoms with Crippen LogP contribution in [0.15, 0.2) is 40.6 Å². The third-order valence-corrected chi connectivity index (χ3v) is 4.44. The molecule has 1 unspecified atom stereocenters. The molecule has 1 atom stereocenters. The van der Waals surface area contributed by atoms with Crippen molar-refractivity contribution in [3.63, 3.8) is 0 Å². The molecule has 0 aliphatic carbocycles. The fraction of sp³-hybridized carbons (Fsp3) is 0.308. The van der Waals surface area contributed by atoms with Crippen molar-refractivity contribution in [3.05, 3.63) is 41.2 Å². The van der Waals surface area contributed by atoms with Gasteiger partial charge in [-0.25, -0.2) is 4.98 Å². The molecule has 1 aromatic heterocycles. The van der Waals surface area contributed by atoms with E-state index in [9.17, 15) is 0 Å². The molecule has 0 amide bonds. The summed E-state index contributed by atoms with van der Waals surface area (Å²) in [6.45, 7) is 2.11. The zero-order valence-electron chi connectivity index (χ0n) is 10.6. The minimum atomic E-state index is 0.301. The Hall–Kier alpha value is -0.970. The second kappa shape index (κ2) is 5.78. The van der Waals surface area contributed by atoms with Crippen LogP contribution in [0, 0.1) is 0 Å². The van der Waals surface area contributed by atoms with E-state index in [0.29, 0.717) is 6.04 Å². The smallest absolute Gasteiger partial charge is 0.172 e.